The van der Waals surface area contributed by atoms with Gasteiger partial charge < -0.3 is 10.5 Å². The second-order valence-electron chi connectivity index (χ2n) is 3.12. The Balaban J connectivity index is 3.70. The van der Waals surface area contributed by atoms with Crippen LogP contribution in [0.15, 0.2) is 12.2 Å². The van der Waals surface area contributed by atoms with Gasteiger partial charge >= 0.3 is 5.97 Å². The van der Waals surface area contributed by atoms with Crippen molar-refractivity contribution in [2.45, 2.75) is 25.8 Å². The van der Waals surface area contributed by atoms with E-state index in [-0.39, 0.29) is 11.5 Å². The van der Waals surface area contributed by atoms with Crippen molar-refractivity contribution in [3.8, 4) is 0 Å². The fraction of sp³-hybridized carbons (Fsp3) is 0.625. The molecule has 0 unspecified atom stereocenters. The fourth-order valence-corrected chi connectivity index (χ4v) is 0.527. The molecule has 0 aromatic heterocycles. The number of esters is 1. The molecule has 0 heterocycles. The molecule has 0 fully saturated rings. The molecule has 11 heavy (non-hydrogen) atoms. The Morgan fingerprint density at radius 1 is 1.64 bits per heavy atom. The van der Waals surface area contributed by atoms with E-state index in [0.29, 0.717) is 6.42 Å². The molecular formula is C8H15NO2. The predicted octanol–water partition coefficient (Wildman–Crippen LogP) is 0.843. The van der Waals surface area contributed by atoms with Crippen molar-refractivity contribution in [1.29, 1.82) is 0 Å². The lowest BCUT2D eigenvalue weighted by molar-refractivity contribution is -0.134. The maximum atomic E-state index is 10.5. The molecule has 0 amide bonds. The molecule has 0 aliphatic heterocycles. The summed E-state index contributed by atoms with van der Waals surface area (Å²) >= 11 is 0. The van der Waals surface area contributed by atoms with Crippen molar-refractivity contribution in [1.82, 2.24) is 0 Å². The van der Waals surface area contributed by atoms with Crippen molar-refractivity contribution in [2.75, 3.05) is 7.11 Å². The van der Waals surface area contributed by atoms with E-state index in [0.717, 1.165) is 0 Å². The second kappa shape index (κ2) is 4.13. The lowest BCUT2D eigenvalue weighted by Gasteiger charge is -2.14. The summed E-state index contributed by atoms with van der Waals surface area (Å²) in [5.74, 6) is -0.339. The molecule has 0 saturated heterocycles. The van der Waals surface area contributed by atoms with Crippen molar-refractivity contribution >= 4 is 5.97 Å². The van der Waals surface area contributed by atoms with Gasteiger partial charge in [0, 0.05) is 11.6 Å². The predicted molar refractivity (Wildman–Crippen MR) is 44.0 cm³/mol. The van der Waals surface area contributed by atoms with Gasteiger partial charge in [-0.15, -0.1) is 0 Å². The van der Waals surface area contributed by atoms with Gasteiger partial charge in [-0.3, -0.25) is 0 Å². The van der Waals surface area contributed by atoms with Crippen LogP contribution < -0.4 is 5.73 Å². The molecule has 0 aromatic carbocycles. The average Bonchev–Trinajstić information content (AvgIpc) is 1.85. The summed E-state index contributed by atoms with van der Waals surface area (Å²) in [5.41, 5.74) is 5.40. The first-order chi connectivity index (χ1) is 4.95. The molecule has 0 bridgehead atoms. The third-order valence-electron chi connectivity index (χ3n) is 1.10. The highest BCUT2D eigenvalue weighted by Crippen LogP contribution is 2.03. The number of ether oxygens (including phenoxy) is 1. The summed E-state index contributed by atoms with van der Waals surface area (Å²) in [6, 6.07) is 0. The first kappa shape index (κ1) is 10.2. The quantitative estimate of drug-likeness (QED) is 0.488. The van der Waals surface area contributed by atoms with Gasteiger partial charge in [-0.25, -0.2) is 4.79 Å². The highest BCUT2D eigenvalue weighted by atomic mass is 16.5. The molecule has 0 aliphatic rings. The molecule has 2 N–H and O–H groups in total. The van der Waals surface area contributed by atoms with E-state index >= 15 is 0 Å². The minimum Gasteiger partial charge on any atom is -0.466 e. The zero-order valence-corrected chi connectivity index (χ0v) is 7.26. The molecule has 3 heteroatoms. The Bertz CT molecular complexity index is 156. The second-order valence-corrected chi connectivity index (χ2v) is 3.12. The number of nitrogens with two attached hydrogens (primary N) is 1. The van der Waals surface area contributed by atoms with Crippen LogP contribution in [0.4, 0.5) is 0 Å². The van der Waals surface area contributed by atoms with Gasteiger partial charge in [-0.2, -0.15) is 0 Å². The van der Waals surface area contributed by atoms with Crippen LogP contribution in [0.1, 0.15) is 20.3 Å². The summed E-state index contributed by atoms with van der Waals surface area (Å²) < 4.78 is 4.40. The van der Waals surface area contributed by atoms with Crippen LogP contribution >= 0.6 is 0 Å². The lowest BCUT2D eigenvalue weighted by atomic mass is 10.0. The molecule has 0 saturated carbocycles. The molecule has 3 nitrogen and oxygen atoms in total. The largest absolute Gasteiger partial charge is 0.466 e. The van der Waals surface area contributed by atoms with Crippen LogP contribution in [-0.4, -0.2) is 18.6 Å². The Hall–Kier alpha value is -0.830. The van der Waals surface area contributed by atoms with Crippen LogP contribution in [0.2, 0.25) is 0 Å². The van der Waals surface area contributed by atoms with Gasteiger partial charge in [-0.1, -0.05) is 6.08 Å². The molecular weight excluding hydrogens is 142 g/mol. The zero-order valence-electron chi connectivity index (χ0n) is 7.26. The third kappa shape index (κ3) is 7.06. The van der Waals surface area contributed by atoms with Crippen LogP contribution in [0.5, 0.6) is 0 Å². The molecule has 0 rings (SSSR count). The van der Waals surface area contributed by atoms with Crippen LogP contribution in [0.25, 0.3) is 0 Å². The van der Waals surface area contributed by atoms with Crippen molar-refractivity contribution < 1.29 is 9.53 Å². The van der Waals surface area contributed by atoms with E-state index in [4.69, 9.17) is 5.73 Å². The van der Waals surface area contributed by atoms with Gasteiger partial charge in [0.25, 0.3) is 0 Å². The van der Waals surface area contributed by atoms with Crippen LogP contribution in [-0.2, 0) is 9.53 Å². The maximum absolute atomic E-state index is 10.5. The standard InChI is InChI=1S/C8H15NO2/c1-8(2,9)6-4-5-7(10)11-3/h4-5H,6,9H2,1-3H3. The Kier molecular flexibility index (Phi) is 3.82. The van der Waals surface area contributed by atoms with Gasteiger partial charge in [0.1, 0.15) is 0 Å². The van der Waals surface area contributed by atoms with Crippen molar-refractivity contribution in [2.24, 2.45) is 5.73 Å². The molecule has 64 valence electrons. The summed E-state index contributed by atoms with van der Waals surface area (Å²) in [6.45, 7) is 3.79. The topological polar surface area (TPSA) is 52.3 Å². The zero-order chi connectivity index (χ0) is 8.91. The number of carbonyl (C=O) groups excluding carboxylic acids is 1. The fourth-order valence-electron chi connectivity index (χ4n) is 0.527. The van der Waals surface area contributed by atoms with E-state index in [1.807, 2.05) is 13.8 Å². The first-order valence-corrected chi connectivity index (χ1v) is 3.49. The molecule has 0 aromatic rings. The van der Waals surface area contributed by atoms with Gasteiger partial charge in [-0.05, 0) is 20.3 Å². The smallest absolute Gasteiger partial charge is 0.330 e. The Labute approximate surface area is 67.2 Å². The lowest BCUT2D eigenvalue weighted by Crippen LogP contribution is -2.30. The average molecular weight is 157 g/mol. The van der Waals surface area contributed by atoms with E-state index in [9.17, 15) is 4.79 Å². The summed E-state index contributed by atoms with van der Waals surface area (Å²) in [5, 5.41) is 0. The molecule has 0 aliphatic carbocycles. The number of carbonyl (C=O) groups is 1. The van der Waals surface area contributed by atoms with Crippen molar-refractivity contribution in [3.63, 3.8) is 0 Å². The minimum absolute atomic E-state index is 0.259. The molecule has 0 radical (unpaired) electrons. The van der Waals surface area contributed by atoms with E-state index in [2.05, 4.69) is 4.74 Å². The Morgan fingerprint density at radius 2 is 2.18 bits per heavy atom. The number of methoxy groups -OCH3 is 1. The number of hydrogen-bond donors (Lipinski definition) is 1. The van der Waals surface area contributed by atoms with Gasteiger partial charge in [0.05, 0.1) is 7.11 Å². The third-order valence-corrected chi connectivity index (χ3v) is 1.10. The van der Waals surface area contributed by atoms with E-state index in [1.165, 1.54) is 13.2 Å². The highest BCUT2D eigenvalue weighted by molar-refractivity contribution is 5.81. The minimum atomic E-state index is -0.339. The molecule has 0 atom stereocenters. The highest BCUT2D eigenvalue weighted by Gasteiger charge is 2.06. The first-order valence-electron chi connectivity index (χ1n) is 3.49. The molecule has 0 spiro atoms. The van der Waals surface area contributed by atoms with Crippen molar-refractivity contribution in [3.05, 3.63) is 12.2 Å². The summed E-state index contributed by atoms with van der Waals surface area (Å²) in [4.78, 5) is 10.5. The number of rotatable bonds is 3. The monoisotopic (exact) mass is 157 g/mol. The van der Waals surface area contributed by atoms with E-state index in [1.54, 1.807) is 6.08 Å². The summed E-state index contributed by atoms with van der Waals surface area (Å²) in [6.07, 6.45) is 3.77. The summed E-state index contributed by atoms with van der Waals surface area (Å²) in [7, 11) is 1.35. The maximum Gasteiger partial charge on any atom is 0.330 e. The van der Waals surface area contributed by atoms with Gasteiger partial charge in [0.2, 0.25) is 0 Å². The van der Waals surface area contributed by atoms with E-state index < -0.39 is 0 Å². The normalized spacial score (nSPS) is 12.0. The van der Waals surface area contributed by atoms with Crippen LogP contribution in [0, 0.1) is 0 Å². The van der Waals surface area contributed by atoms with Gasteiger partial charge in [0.15, 0.2) is 0 Å². The number of hydrogen-bond acceptors (Lipinski definition) is 3. The Morgan fingerprint density at radius 3 is 2.55 bits per heavy atom. The SMILES string of the molecule is COC(=O)C=CCC(C)(C)N. The van der Waals surface area contributed by atoms with Crippen LogP contribution in [0.3, 0.4) is 0 Å².